The Morgan fingerprint density at radius 3 is 2.84 bits per heavy atom. The Labute approximate surface area is 150 Å². The first-order valence-corrected chi connectivity index (χ1v) is 8.67. The molecule has 0 aliphatic heterocycles. The fourth-order valence-electron chi connectivity index (χ4n) is 3.43. The van der Waals surface area contributed by atoms with Crippen LogP contribution in [0.15, 0.2) is 41.0 Å². The fourth-order valence-corrected chi connectivity index (χ4v) is 3.60. The molecule has 128 valence electrons. The number of furan rings is 1. The maximum Gasteiger partial charge on any atom is 0.229 e. The van der Waals surface area contributed by atoms with Crippen LogP contribution >= 0.6 is 11.6 Å². The number of rotatable bonds is 4. The molecule has 0 fully saturated rings. The minimum atomic E-state index is -0.135. The Bertz CT molecular complexity index is 961. The van der Waals surface area contributed by atoms with Crippen LogP contribution in [-0.4, -0.2) is 13.0 Å². The Kier molecular flexibility index (Phi) is 4.14. The number of nitrogens with one attached hydrogen (secondary N) is 1. The van der Waals surface area contributed by atoms with E-state index in [4.69, 9.17) is 20.8 Å². The average Bonchev–Trinajstić information content (AvgIpc) is 3.20. The lowest BCUT2D eigenvalue weighted by Gasteiger charge is -2.10. The van der Waals surface area contributed by atoms with Gasteiger partial charge in [0.15, 0.2) is 0 Å². The monoisotopic (exact) mass is 355 g/mol. The second-order valence-corrected chi connectivity index (χ2v) is 6.74. The molecule has 1 heterocycles. The molecule has 0 radical (unpaired) electrons. The minimum absolute atomic E-state index is 0.135. The first-order chi connectivity index (χ1) is 12.1. The summed E-state index contributed by atoms with van der Waals surface area (Å²) < 4.78 is 10.9. The van der Waals surface area contributed by atoms with Gasteiger partial charge in [0.25, 0.3) is 0 Å². The molecule has 2 aromatic carbocycles. The third-order valence-corrected chi connectivity index (χ3v) is 4.89. The van der Waals surface area contributed by atoms with Crippen molar-refractivity contribution in [2.24, 2.45) is 0 Å². The number of benzene rings is 2. The summed E-state index contributed by atoms with van der Waals surface area (Å²) in [6.45, 7) is 0. The second kappa shape index (κ2) is 6.45. The maximum atomic E-state index is 12.5. The van der Waals surface area contributed by atoms with Gasteiger partial charge in [0.2, 0.25) is 5.91 Å². The number of hydrogen-bond donors (Lipinski definition) is 1. The van der Waals surface area contributed by atoms with Crippen LogP contribution in [0.1, 0.15) is 23.1 Å². The van der Waals surface area contributed by atoms with Crippen LogP contribution in [0.3, 0.4) is 0 Å². The quantitative estimate of drug-likeness (QED) is 0.733. The molecular formula is C20H18ClNO3. The Balaban J connectivity index is 1.57. The van der Waals surface area contributed by atoms with Crippen LogP contribution < -0.4 is 10.1 Å². The maximum absolute atomic E-state index is 12.5. The molecule has 0 saturated carbocycles. The number of methoxy groups -OCH3 is 1. The van der Waals surface area contributed by atoms with Gasteiger partial charge in [-0.2, -0.15) is 0 Å². The highest BCUT2D eigenvalue weighted by Crippen LogP contribution is 2.31. The van der Waals surface area contributed by atoms with Crippen molar-refractivity contribution in [3.8, 4) is 5.75 Å². The summed E-state index contributed by atoms with van der Waals surface area (Å²) in [5, 5.41) is 4.43. The highest BCUT2D eigenvalue weighted by molar-refractivity contribution is 6.31. The normalized spacial score (nSPS) is 13.0. The third kappa shape index (κ3) is 3.10. The van der Waals surface area contributed by atoms with Crippen molar-refractivity contribution in [1.82, 2.24) is 0 Å². The lowest BCUT2D eigenvalue weighted by molar-refractivity contribution is -0.115. The molecule has 0 spiro atoms. The molecule has 4 rings (SSSR count). The molecule has 1 aromatic heterocycles. The summed E-state index contributed by atoms with van der Waals surface area (Å²) in [5.74, 6) is 0.441. The number of fused-ring (bicyclic) bond motifs is 2. The van der Waals surface area contributed by atoms with E-state index in [9.17, 15) is 4.79 Å². The van der Waals surface area contributed by atoms with Crippen LogP contribution in [0.2, 0.25) is 5.02 Å². The first-order valence-electron chi connectivity index (χ1n) is 8.29. The molecular weight excluding hydrogens is 338 g/mol. The highest BCUT2D eigenvalue weighted by Gasteiger charge is 2.17. The van der Waals surface area contributed by atoms with Crippen molar-refractivity contribution in [1.29, 1.82) is 0 Å². The van der Waals surface area contributed by atoms with E-state index in [0.29, 0.717) is 16.5 Å². The predicted octanol–water partition coefficient (Wildman–Crippen LogP) is 4.76. The van der Waals surface area contributed by atoms with Crippen molar-refractivity contribution in [2.45, 2.75) is 25.7 Å². The van der Waals surface area contributed by atoms with Crippen molar-refractivity contribution >= 4 is 34.2 Å². The van der Waals surface area contributed by atoms with Crippen molar-refractivity contribution in [2.75, 3.05) is 12.4 Å². The largest absolute Gasteiger partial charge is 0.495 e. The summed E-state index contributed by atoms with van der Waals surface area (Å²) >= 11 is 6.01. The number of carbonyl (C=O) groups excluding carboxylic acids is 1. The predicted molar refractivity (Wildman–Crippen MR) is 98.6 cm³/mol. The molecule has 1 N–H and O–H groups in total. The Morgan fingerprint density at radius 1 is 1.24 bits per heavy atom. The number of carbonyl (C=O) groups is 1. The summed E-state index contributed by atoms with van der Waals surface area (Å²) in [5.41, 5.74) is 5.04. The number of halogens is 1. The first kappa shape index (κ1) is 16.0. The zero-order chi connectivity index (χ0) is 17.4. The van der Waals surface area contributed by atoms with E-state index in [1.807, 2.05) is 0 Å². The van der Waals surface area contributed by atoms with Gasteiger partial charge in [-0.3, -0.25) is 4.79 Å². The topological polar surface area (TPSA) is 51.5 Å². The van der Waals surface area contributed by atoms with E-state index >= 15 is 0 Å². The number of amides is 1. The number of ether oxygens (including phenoxy) is 1. The van der Waals surface area contributed by atoms with Crippen molar-refractivity contribution in [3.63, 3.8) is 0 Å². The van der Waals surface area contributed by atoms with Crippen LogP contribution in [0.25, 0.3) is 11.0 Å². The number of aryl methyl sites for hydroxylation is 2. The van der Waals surface area contributed by atoms with Gasteiger partial charge in [-0.05, 0) is 60.7 Å². The van der Waals surface area contributed by atoms with Gasteiger partial charge >= 0.3 is 0 Å². The molecule has 5 heteroatoms. The van der Waals surface area contributed by atoms with Crippen molar-refractivity contribution < 1.29 is 13.9 Å². The molecule has 4 nitrogen and oxygen atoms in total. The lowest BCUT2D eigenvalue weighted by Crippen LogP contribution is -2.14. The van der Waals surface area contributed by atoms with Crippen LogP contribution in [0, 0.1) is 0 Å². The Morgan fingerprint density at radius 2 is 2.04 bits per heavy atom. The molecule has 0 saturated heterocycles. The fraction of sp³-hybridized carbons (Fsp3) is 0.250. The zero-order valence-corrected chi connectivity index (χ0v) is 14.7. The summed E-state index contributed by atoms with van der Waals surface area (Å²) in [6.07, 6.45) is 5.31. The number of anilines is 1. The van der Waals surface area contributed by atoms with E-state index in [2.05, 4.69) is 17.4 Å². The molecule has 3 aromatic rings. The van der Waals surface area contributed by atoms with E-state index in [1.54, 1.807) is 31.6 Å². The van der Waals surface area contributed by atoms with E-state index in [1.165, 1.54) is 17.5 Å². The third-order valence-electron chi connectivity index (χ3n) is 4.65. The molecule has 25 heavy (non-hydrogen) atoms. The van der Waals surface area contributed by atoms with Crippen LogP contribution in [0.4, 0.5) is 5.69 Å². The van der Waals surface area contributed by atoms with E-state index in [0.717, 1.165) is 29.4 Å². The lowest BCUT2D eigenvalue weighted by atomic mass is 10.0. The second-order valence-electron chi connectivity index (χ2n) is 6.30. The summed E-state index contributed by atoms with van der Waals surface area (Å²) in [4.78, 5) is 12.5. The molecule has 0 bridgehead atoms. The summed E-state index contributed by atoms with van der Waals surface area (Å²) in [7, 11) is 1.56. The number of hydrogen-bond acceptors (Lipinski definition) is 3. The van der Waals surface area contributed by atoms with Gasteiger partial charge in [0, 0.05) is 16.0 Å². The summed E-state index contributed by atoms with van der Waals surface area (Å²) in [6, 6.07) is 9.41. The molecule has 1 aliphatic rings. The van der Waals surface area contributed by atoms with Gasteiger partial charge in [-0.15, -0.1) is 0 Å². The molecule has 0 atom stereocenters. The Hall–Kier alpha value is -2.46. The van der Waals surface area contributed by atoms with Gasteiger partial charge in [-0.1, -0.05) is 11.6 Å². The smallest absolute Gasteiger partial charge is 0.229 e. The highest BCUT2D eigenvalue weighted by atomic mass is 35.5. The van der Waals surface area contributed by atoms with Crippen LogP contribution in [-0.2, 0) is 24.1 Å². The van der Waals surface area contributed by atoms with E-state index in [-0.39, 0.29) is 12.3 Å². The van der Waals surface area contributed by atoms with Gasteiger partial charge in [-0.25, -0.2) is 0 Å². The average molecular weight is 356 g/mol. The molecule has 1 aliphatic carbocycles. The zero-order valence-electron chi connectivity index (χ0n) is 13.9. The van der Waals surface area contributed by atoms with Gasteiger partial charge < -0.3 is 14.5 Å². The molecule has 0 unspecified atom stereocenters. The molecule has 1 amide bonds. The standard InChI is InChI=1S/C20H18ClNO3/c1-24-18-6-5-15(21)10-17(18)22-20(23)9-14-11-25-19-8-13-4-2-3-12(13)7-16(14)19/h5-8,10-11H,2-4,9H2,1H3,(H,22,23). The van der Waals surface area contributed by atoms with Crippen LogP contribution in [0.5, 0.6) is 5.75 Å². The van der Waals surface area contributed by atoms with E-state index < -0.39 is 0 Å². The van der Waals surface area contributed by atoms with Gasteiger partial charge in [0.05, 0.1) is 25.5 Å². The SMILES string of the molecule is COc1ccc(Cl)cc1NC(=O)Cc1coc2cc3c(cc12)CCC3. The minimum Gasteiger partial charge on any atom is -0.495 e. The van der Waals surface area contributed by atoms with Gasteiger partial charge in [0.1, 0.15) is 11.3 Å². The van der Waals surface area contributed by atoms with Crippen molar-refractivity contribution in [3.05, 3.63) is 58.3 Å².